The quantitative estimate of drug-likeness (QED) is 0.493. The third kappa shape index (κ3) is 3.16. The second kappa shape index (κ2) is 6.27. The van der Waals surface area contributed by atoms with Crippen molar-refractivity contribution < 1.29 is 0 Å². The number of aromatic nitrogens is 1. The predicted octanol–water partition coefficient (Wildman–Crippen LogP) is 6.20. The van der Waals surface area contributed by atoms with Crippen molar-refractivity contribution in [2.75, 3.05) is 0 Å². The van der Waals surface area contributed by atoms with E-state index in [1.807, 2.05) is 30.3 Å². The van der Waals surface area contributed by atoms with Crippen LogP contribution < -0.4 is 4.80 Å². The smallest absolute Gasteiger partial charge is 0.190 e. The lowest BCUT2D eigenvalue weighted by Crippen LogP contribution is -2.14. The summed E-state index contributed by atoms with van der Waals surface area (Å²) in [6.07, 6.45) is 2.44. The number of nitrogens with zero attached hydrogens (tertiary/aromatic N) is 2. The minimum atomic E-state index is 0.557. The van der Waals surface area contributed by atoms with Gasteiger partial charge in [-0.15, -0.1) is 11.3 Å². The summed E-state index contributed by atoms with van der Waals surface area (Å²) in [4.78, 5) is 5.85. The maximum absolute atomic E-state index is 6.08. The predicted molar refractivity (Wildman–Crippen MR) is 100 cm³/mol. The average Bonchev–Trinajstić information content (AvgIpc) is 3.29. The van der Waals surface area contributed by atoms with Gasteiger partial charge in [-0.05, 0) is 37.1 Å². The topological polar surface area (TPSA) is 17.3 Å². The largest absolute Gasteiger partial charge is 0.313 e. The van der Waals surface area contributed by atoms with Gasteiger partial charge in [0, 0.05) is 26.5 Å². The minimum Gasteiger partial charge on any atom is -0.313 e. The minimum absolute atomic E-state index is 0.557. The number of rotatable bonds is 3. The number of benzene rings is 2. The molecule has 1 aliphatic rings. The highest BCUT2D eigenvalue weighted by Gasteiger charge is 2.27. The SMILES string of the molecule is Clc1cccc(N=c2scc(-c3ccccc3Br)n2C2CC2)c1. The lowest BCUT2D eigenvalue weighted by Gasteiger charge is -2.09. The summed E-state index contributed by atoms with van der Waals surface area (Å²) < 4.78 is 3.48. The average molecular weight is 406 g/mol. The van der Waals surface area contributed by atoms with Crippen LogP contribution in [0.2, 0.25) is 5.02 Å². The highest BCUT2D eigenvalue weighted by atomic mass is 79.9. The summed E-state index contributed by atoms with van der Waals surface area (Å²) in [6, 6.07) is 16.6. The summed E-state index contributed by atoms with van der Waals surface area (Å²) in [6.45, 7) is 0. The Morgan fingerprint density at radius 3 is 2.70 bits per heavy atom. The first-order valence-corrected chi connectivity index (χ1v) is 9.52. The first kappa shape index (κ1) is 15.2. The van der Waals surface area contributed by atoms with E-state index in [1.165, 1.54) is 24.1 Å². The first-order chi connectivity index (χ1) is 11.2. The van der Waals surface area contributed by atoms with Crippen molar-refractivity contribution in [2.24, 2.45) is 4.99 Å². The van der Waals surface area contributed by atoms with E-state index in [0.29, 0.717) is 11.1 Å². The van der Waals surface area contributed by atoms with E-state index in [-0.39, 0.29) is 0 Å². The van der Waals surface area contributed by atoms with Crippen LogP contribution in [-0.4, -0.2) is 4.57 Å². The van der Waals surface area contributed by atoms with Gasteiger partial charge in [-0.25, -0.2) is 4.99 Å². The molecule has 0 radical (unpaired) electrons. The molecule has 116 valence electrons. The fourth-order valence-corrected chi connectivity index (χ4v) is 4.26. The summed E-state index contributed by atoms with van der Waals surface area (Å²) >= 11 is 11.4. The van der Waals surface area contributed by atoms with Crippen LogP contribution in [0.1, 0.15) is 18.9 Å². The van der Waals surface area contributed by atoms with Crippen molar-refractivity contribution in [1.82, 2.24) is 4.57 Å². The molecule has 1 aliphatic carbocycles. The molecular formula is C18H14BrClN2S. The Hall–Kier alpha value is -1.36. The maximum Gasteiger partial charge on any atom is 0.190 e. The zero-order chi connectivity index (χ0) is 15.8. The van der Waals surface area contributed by atoms with Gasteiger partial charge in [0.25, 0.3) is 0 Å². The zero-order valence-electron chi connectivity index (χ0n) is 12.2. The first-order valence-electron chi connectivity index (χ1n) is 7.47. The van der Waals surface area contributed by atoms with Crippen LogP contribution in [-0.2, 0) is 0 Å². The van der Waals surface area contributed by atoms with Crippen LogP contribution in [0, 0.1) is 0 Å². The number of hydrogen-bond acceptors (Lipinski definition) is 2. The van der Waals surface area contributed by atoms with Crippen LogP contribution >= 0.6 is 38.9 Å². The van der Waals surface area contributed by atoms with Crippen molar-refractivity contribution in [3.8, 4) is 11.3 Å². The van der Waals surface area contributed by atoms with Crippen molar-refractivity contribution in [3.05, 3.63) is 68.2 Å². The van der Waals surface area contributed by atoms with E-state index in [0.717, 1.165) is 15.0 Å². The summed E-state index contributed by atoms with van der Waals surface area (Å²) in [5.41, 5.74) is 3.33. The monoisotopic (exact) mass is 404 g/mol. The third-order valence-corrected chi connectivity index (χ3v) is 5.60. The molecule has 5 heteroatoms. The fraction of sp³-hybridized carbons (Fsp3) is 0.167. The molecule has 0 amide bonds. The summed E-state index contributed by atoms with van der Waals surface area (Å²) in [5, 5.41) is 2.91. The van der Waals surface area contributed by atoms with Crippen molar-refractivity contribution >= 4 is 44.6 Å². The van der Waals surface area contributed by atoms with E-state index in [1.54, 1.807) is 11.3 Å². The molecule has 1 heterocycles. The van der Waals surface area contributed by atoms with E-state index < -0.39 is 0 Å². The normalized spacial score (nSPS) is 15.1. The Kier molecular flexibility index (Phi) is 4.14. The maximum atomic E-state index is 6.08. The molecule has 2 aromatic carbocycles. The van der Waals surface area contributed by atoms with Gasteiger partial charge in [-0.3, -0.25) is 0 Å². The van der Waals surface area contributed by atoms with Crippen LogP contribution in [0.25, 0.3) is 11.3 Å². The van der Waals surface area contributed by atoms with Crippen molar-refractivity contribution in [1.29, 1.82) is 0 Å². The van der Waals surface area contributed by atoms with Crippen molar-refractivity contribution in [3.63, 3.8) is 0 Å². The molecule has 0 aliphatic heterocycles. The fourth-order valence-electron chi connectivity index (χ4n) is 2.61. The summed E-state index contributed by atoms with van der Waals surface area (Å²) in [5.74, 6) is 0. The highest BCUT2D eigenvalue weighted by molar-refractivity contribution is 9.10. The van der Waals surface area contributed by atoms with Gasteiger partial charge in [0.15, 0.2) is 4.80 Å². The molecule has 1 aromatic heterocycles. The Morgan fingerprint density at radius 1 is 1.13 bits per heavy atom. The molecule has 3 aromatic rings. The van der Waals surface area contributed by atoms with E-state index >= 15 is 0 Å². The van der Waals surface area contributed by atoms with Crippen LogP contribution in [0.15, 0.2) is 63.4 Å². The number of hydrogen-bond donors (Lipinski definition) is 0. The molecule has 0 atom stereocenters. The molecular weight excluding hydrogens is 392 g/mol. The molecule has 2 nitrogen and oxygen atoms in total. The Bertz CT molecular complexity index is 925. The van der Waals surface area contributed by atoms with E-state index in [2.05, 4.69) is 44.1 Å². The van der Waals surface area contributed by atoms with Gasteiger partial charge in [0.05, 0.1) is 11.4 Å². The summed E-state index contributed by atoms with van der Waals surface area (Å²) in [7, 11) is 0. The lowest BCUT2D eigenvalue weighted by molar-refractivity contribution is 0.724. The molecule has 0 bridgehead atoms. The van der Waals surface area contributed by atoms with Crippen LogP contribution in [0.3, 0.4) is 0 Å². The molecule has 1 fully saturated rings. The van der Waals surface area contributed by atoms with Gasteiger partial charge in [0.1, 0.15) is 0 Å². The molecule has 23 heavy (non-hydrogen) atoms. The lowest BCUT2D eigenvalue weighted by atomic mass is 10.2. The van der Waals surface area contributed by atoms with E-state index in [9.17, 15) is 0 Å². The Balaban J connectivity index is 1.88. The molecule has 0 saturated heterocycles. The second-order valence-corrected chi connectivity index (χ2v) is 7.70. The third-order valence-electron chi connectivity index (χ3n) is 3.84. The standard InChI is InChI=1S/C18H14BrClN2S/c19-16-7-2-1-6-15(16)17-11-23-18(22(17)14-8-9-14)21-13-5-3-4-12(20)10-13/h1-7,10-11,14H,8-9H2. The van der Waals surface area contributed by atoms with Gasteiger partial charge in [-0.2, -0.15) is 0 Å². The second-order valence-electron chi connectivity index (χ2n) is 5.58. The van der Waals surface area contributed by atoms with Crippen LogP contribution in [0.5, 0.6) is 0 Å². The van der Waals surface area contributed by atoms with Gasteiger partial charge in [0.2, 0.25) is 0 Å². The van der Waals surface area contributed by atoms with Gasteiger partial charge in [-0.1, -0.05) is 51.8 Å². The molecule has 4 rings (SSSR count). The van der Waals surface area contributed by atoms with E-state index in [4.69, 9.17) is 16.6 Å². The van der Waals surface area contributed by atoms with Crippen LogP contribution in [0.4, 0.5) is 5.69 Å². The molecule has 1 saturated carbocycles. The Morgan fingerprint density at radius 2 is 1.96 bits per heavy atom. The molecule has 0 N–H and O–H groups in total. The zero-order valence-corrected chi connectivity index (χ0v) is 15.4. The van der Waals surface area contributed by atoms with Crippen molar-refractivity contribution in [2.45, 2.75) is 18.9 Å². The van der Waals surface area contributed by atoms with Gasteiger partial charge >= 0.3 is 0 Å². The number of halogens is 2. The highest BCUT2D eigenvalue weighted by Crippen LogP contribution is 2.39. The van der Waals surface area contributed by atoms with Gasteiger partial charge < -0.3 is 4.57 Å². The molecule has 0 unspecified atom stereocenters. The Labute approximate surface area is 152 Å². The number of thiazole rings is 1. The molecule has 0 spiro atoms.